The molecule has 6 heteroatoms. The number of benzene rings is 3. The predicted octanol–water partition coefficient (Wildman–Crippen LogP) is 4.72. The molecule has 1 fully saturated rings. The van der Waals surface area contributed by atoms with E-state index in [1.54, 1.807) is 19.2 Å². The van der Waals surface area contributed by atoms with Crippen LogP contribution in [0.5, 0.6) is 5.75 Å². The minimum atomic E-state index is -0.297. The van der Waals surface area contributed by atoms with E-state index in [1.165, 1.54) is 12.1 Å². The van der Waals surface area contributed by atoms with Gasteiger partial charge in [-0.2, -0.15) is 0 Å². The summed E-state index contributed by atoms with van der Waals surface area (Å²) in [6, 6.07) is 17.3. The van der Waals surface area contributed by atoms with Gasteiger partial charge >= 0.3 is 0 Å². The fourth-order valence-electron chi connectivity index (χ4n) is 4.32. The summed E-state index contributed by atoms with van der Waals surface area (Å²) in [7, 11) is 1.62. The number of fused-ring (bicyclic) bond motifs is 1. The zero-order valence-electron chi connectivity index (χ0n) is 18.3. The fraction of sp³-hybridized carbons (Fsp3) is 0.308. The minimum Gasteiger partial charge on any atom is -0.496 e. The summed E-state index contributed by atoms with van der Waals surface area (Å²) in [6.07, 6.45) is 1.23. The monoisotopic (exact) mass is 434 g/mol. The smallest absolute Gasteiger partial charge is 0.254 e. The van der Waals surface area contributed by atoms with Crippen LogP contribution in [0.1, 0.15) is 41.7 Å². The third-order valence-electron chi connectivity index (χ3n) is 6.22. The van der Waals surface area contributed by atoms with Crippen molar-refractivity contribution in [3.8, 4) is 5.75 Å². The lowest BCUT2D eigenvalue weighted by molar-refractivity contribution is -0.126. The lowest BCUT2D eigenvalue weighted by atomic mass is 9.94. The summed E-state index contributed by atoms with van der Waals surface area (Å²) in [4.78, 5) is 27.8. The van der Waals surface area contributed by atoms with Crippen LogP contribution in [0.3, 0.4) is 0 Å². The maximum atomic E-state index is 13.2. The number of halogens is 1. The standard InChI is InChI=1S/C26H27FN2O3/c1-17(18-7-9-20(27)10-8-18)28-25(30)19-13-15-29(16-14-19)26(31)23-11-12-24(32-2)22-6-4-3-5-21(22)23/h3-12,17,19H,13-16H2,1-2H3,(H,28,30). The van der Waals surface area contributed by atoms with Crippen LogP contribution in [0.4, 0.5) is 4.39 Å². The molecule has 3 aromatic rings. The lowest BCUT2D eigenvalue weighted by Crippen LogP contribution is -2.43. The number of rotatable bonds is 5. The number of nitrogens with zero attached hydrogens (tertiary/aromatic N) is 1. The van der Waals surface area contributed by atoms with E-state index < -0.39 is 0 Å². The fourth-order valence-corrected chi connectivity index (χ4v) is 4.32. The van der Waals surface area contributed by atoms with Crippen molar-refractivity contribution in [2.45, 2.75) is 25.8 Å². The molecule has 1 N–H and O–H groups in total. The second-order valence-electron chi connectivity index (χ2n) is 8.21. The molecule has 5 nitrogen and oxygen atoms in total. The van der Waals surface area contributed by atoms with E-state index >= 15 is 0 Å². The van der Waals surface area contributed by atoms with E-state index in [2.05, 4.69) is 5.32 Å². The molecule has 2 amide bonds. The van der Waals surface area contributed by atoms with Crippen molar-refractivity contribution in [1.82, 2.24) is 10.2 Å². The van der Waals surface area contributed by atoms with Gasteiger partial charge in [-0.3, -0.25) is 9.59 Å². The Kier molecular flexibility index (Phi) is 6.40. The highest BCUT2D eigenvalue weighted by Gasteiger charge is 2.29. The number of piperidine rings is 1. The molecule has 1 unspecified atom stereocenters. The van der Waals surface area contributed by atoms with E-state index in [0.29, 0.717) is 31.5 Å². The first-order chi connectivity index (χ1) is 15.5. The number of ether oxygens (including phenoxy) is 1. The van der Waals surface area contributed by atoms with Gasteiger partial charge in [-0.05, 0) is 55.0 Å². The van der Waals surface area contributed by atoms with Crippen LogP contribution < -0.4 is 10.1 Å². The molecule has 1 atom stereocenters. The van der Waals surface area contributed by atoms with Gasteiger partial charge in [0.05, 0.1) is 13.2 Å². The number of carbonyl (C=O) groups excluding carboxylic acids is 2. The highest BCUT2D eigenvalue weighted by atomic mass is 19.1. The molecular weight excluding hydrogens is 407 g/mol. The number of methoxy groups -OCH3 is 1. The van der Waals surface area contributed by atoms with Crippen LogP contribution in [0.25, 0.3) is 10.8 Å². The van der Waals surface area contributed by atoms with Gasteiger partial charge in [0.2, 0.25) is 5.91 Å². The minimum absolute atomic E-state index is 0.0242. The molecular formula is C26H27FN2O3. The summed E-state index contributed by atoms with van der Waals surface area (Å²) in [5.41, 5.74) is 1.51. The van der Waals surface area contributed by atoms with Crippen molar-refractivity contribution in [3.63, 3.8) is 0 Å². The first-order valence-corrected chi connectivity index (χ1v) is 10.9. The van der Waals surface area contributed by atoms with Crippen molar-refractivity contribution >= 4 is 22.6 Å². The van der Waals surface area contributed by atoms with Crippen molar-refractivity contribution in [1.29, 1.82) is 0 Å². The van der Waals surface area contributed by atoms with E-state index in [9.17, 15) is 14.0 Å². The van der Waals surface area contributed by atoms with Gasteiger partial charge in [0.1, 0.15) is 11.6 Å². The Bertz CT molecular complexity index is 1120. The van der Waals surface area contributed by atoms with E-state index in [1.807, 2.05) is 48.2 Å². The summed E-state index contributed by atoms with van der Waals surface area (Å²) < 4.78 is 18.6. The number of hydrogen-bond donors (Lipinski definition) is 1. The Labute approximate surface area is 187 Å². The van der Waals surface area contributed by atoms with E-state index in [0.717, 1.165) is 22.1 Å². The Morgan fingerprint density at radius 2 is 1.66 bits per heavy atom. The number of nitrogens with one attached hydrogen (secondary N) is 1. The Hall–Kier alpha value is -3.41. The van der Waals surface area contributed by atoms with Gasteiger partial charge in [0.25, 0.3) is 5.91 Å². The van der Waals surface area contributed by atoms with E-state index in [-0.39, 0.29) is 29.6 Å². The molecule has 0 radical (unpaired) electrons. The van der Waals surface area contributed by atoms with Crippen LogP contribution in [-0.4, -0.2) is 36.9 Å². The summed E-state index contributed by atoms with van der Waals surface area (Å²) in [5, 5.41) is 4.79. The van der Waals surface area contributed by atoms with Crippen molar-refractivity contribution in [2.24, 2.45) is 5.92 Å². The molecule has 32 heavy (non-hydrogen) atoms. The van der Waals surface area contributed by atoms with Crippen LogP contribution in [0.15, 0.2) is 60.7 Å². The Morgan fingerprint density at radius 1 is 1.00 bits per heavy atom. The Balaban J connectivity index is 1.39. The number of hydrogen-bond acceptors (Lipinski definition) is 3. The highest BCUT2D eigenvalue weighted by Crippen LogP contribution is 2.30. The second-order valence-corrected chi connectivity index (χ2v) is 8.21. The maximum absolute atomic E-state index is 13.2. The molecule has 0 saturated carbocycles. The van der Waals surface area contributed by atoms with Crippen molar-refractivity contribution in [2.75, 3.05) is 20.2 Å². The molecule has 4 rings (SSSR count). The molecule has 0 aliphatic carbocycles. The second kappa shape index (κ2) is 9.39. The van der Waals surface area contributed by atoms with Gasteiger partial charge in [-0.25, -0.2) is 4.39 Å². The average molecular weight is 435 g/mol. The number of carbonyl (C=O) groups is 2. The maximum Gasteiger partial charge on any atom is 0.254 e. The Morgan fingerprint density at radius 3 is 2.31 bits per heavy atom. The van der Waals surface area contributed by atoms with Gasteiger partial charge in [0, 0.05) is 30.0 Å². The molecule has 1 aliphatic rings. The average Bonchev–Trinajstić information content (AvgIpc) is 2.83. The van der Waals surface area contributed by atoms with Crippen molar-refractivity contribution in [3.05, 3.63) is 77.6 Å². The van der Waals surface area contributed by atoms with Crippen molar-refractivity contribution < 1.29 is 18.7 Å². The zero-order valence-corrected chi connectivity index (χ0v) is 18.3. The summed E-state index contributed by atoms with van der Waals surface area (Å²) in [6.45, 7) is 2.95. The van der Waals surface area contributed by atoms with Gasteiger partial charge in [-0.1, -0.05) is 36.4 Å². The van der Waals surface area contributed by atoms with Crippen LogP contribution in [0.2, 0.25) is 0 Å². The zero-order chi connectivity index (χ0) is 22.7. The molecule has 0 bridgehead atoms. The molecule has 1 aliphatic heterocycles. The van der Waals surface area contributed by atoms with Gasteiger partial charge in [-0.15, -0.1) is 0 Å². The van der Waals surface area contributed by atoms with Gasteiger partial charge < -0.3 is 15.0 Å². The molecule has 0 aromatic heterocycles. The molecule has 3 aromatic carbocycles. The third kappa shape index (κ3) is 4.44. The predicted molar refractivity (Wildman–Crippen MR) is 122 cm³/mol. The first kappa shape index (κ1) is 21.8. The topological polar surface area (TPSA) is 58.6 Å². The normalized spacial score (nSPS) is 15.4. The quantitative estimate of drug-likeness (QED) is 0.632. The SMILES string of the molecule is COc1ccc(C(=O)N2CCC(C(=O)NC(C)c3ccc(F)cc3)CC2)c2ccccc12. The number of amides is 2. The van der Waals surface area contributed by atoms with Gasteiger partial charge in [0.15, 0.2) is 0 Å². The third-order valence-corrected chi connectivity index (χ3v) is 6.22. The largest absolute Gasteiger partial charge is 0.496 e. The highest BCUT2D eigenvalue weighted by molar-refractivity contribution is 6.08. The molecule has 0 spiro atoms. The molecule has 166 valence electrons. The van der Waals surface area contributed by atoms with E-state index in [4.69, 9.17) is 4.74 Å². The first-order valence-electron chi connectivity index (χ1n) is 10.9. The van der Waals surface area contributed by atoms with Crippen LogP contribution >= 0.6 is 0 Å². The van der Waals surface area contributed by atoms with Crippen LogP contribution in [-0.2, 0) is 4.79 Å². The molecule has 1 heterocycles. The number of likely N-dealkylation sites (tertiary alicyclic amines) is 1. The summed E-state index contributed by atoms with van der Waals surface area (Å²) in [5.74, 6) is 0.248. The lowest BCUT2D eigenvalue weighted by Gasteiger charge is -2.32. The summed E-state index contributed by atoms with van der Waals surface area (Å²) >= 11 is 0. The van der Waals surface area contributed by atoms with Crippen LogP contribution in [0, 0.1) is 11.7 Å². The molecule has 1 saturated heterocycles.